The molecule has 1 rings (SSSR count). The number of rotatable bonds is 10. The van der Waals surface area contributed by atoms with Crippen LogP contribution < -0.4 is 10.6 Å². The van der Waals surface area contributed by atoms with Crippen molar-refractivity contribution in [3.05, 3.63) is 12.2 Å². The fraction of sp³-hybridized carbons (Fsp3) is 0.786. The molecule has 0 fully saturated rings. The first-order chi connectivity index (χ1) is 10.7. The van der Waals surface area contributed by atoms with E-state index >= 15 is 0 Å². The van der Waals surface area contributed by atoms with E-state index in [9.17, 15) is 0 Å². The van der Waals surface area contributed by atoms with Crippen molar-refractivity contribution in [1.82, 2.24) is 25.4 Å². The molecule has 0 saturated heterocycles. The largest absolute Gasteiger partial charge is 0.383 e. The van der Waals surface area contributed by atoms with E-state index in [0.717, 1.165) is 31.3 Å². The van der Waals surface area contributed by atoms with Crippen LogP contribution in [0.1, 0.15) is 19.7 Å². The van der Waals surface area contributed by atoms with Crippen LogP contribution in [0.2, 0.25) is 0 Å². The van der Waals surface area contributed by atoms with Gasteiger partial charge in [-0.15, -0.1) is 10.2 Å². The van der Waals surface area contributed by atoms with Gasteiger partial charge in [-0.2, -0.15) is 0 Å². The third-order valence-electron chi connectivity index (χ3n) is 3.02. The van der Waals surface area contributed by atoms with Crippen molar-refractivity contribution in [2.45, 2.75) is 32.9 Å². The summed E-state index contributed by atoms with van der Waals surface area (Å²) >= 11 is 0. The molecular formula is C14H28N6O2. The predicted molar refractivity (Wildman–Crippen MR) is 86.1 cm³/mol. The first-order valence-corrected chi connectivity index (χ1v) is 7.60. The van der Waals surface area contributed by atoms with Gasteiger partial charge in [-0.3, -0.25) is 4.99 Å². The van der Waals surface area contributed by atoms with E-state index in [0.29, 0.717) is 19.8 Å². The van der Waals surface area contributed by atoms with Crippen molar-refractivity contribution >= 4 is 5.96 Å². The second-order valence-corrected chi connectivity index (χ2v) is 4.94. The number of methoxy groups -OCH3 is 2. The lowest BCUT2D eigenvalue weighted by Gasteiger charge is -2.18. The fourth-order valence-electron chi connectivity index (χ4n) is 1.96. The van der Waals surface area contributed by atoms with Crippen molar-refractivity contribution in [3.63, 3.8) is 0 Å². The van der Waals surface area contributed by atoms with Gasteiger partial charge in [-0.1, -0.05) is 6.92 Å². The van der Waals surface area contributed by atoms with Crippen LogP contribution in [0.15, 0.2) is 11.3 Å². The first kappa shape index (κ1) is 18.4. The smallest absolute Gasteiger partial charge is 0.191 e. The van der Waals surface area contributed by atoms with Crippen molar-refractivity contribution < 1.29 is 9.47 Å². The lowest BCUT2D eigenvalue weighted by atomic mass is 10.4. The first-order valence-electron chi connectivity index (χ1n) is 7.60. The van der Waals surface area contributed by atoms with E-state index in [1.165, 1.54) is 0 Å². The highest BCUT2D eigenvalue weighted by Gasteiger charge is 2.06. The number of ether oxygens (including phenoxy) is 2. The van der Waals surface area contributed by atoms with Crippen LogP contribution in [0, 0.1) is 0 Å². The van der Waals surface area contributed by atoms with Crippen LogP contribution in [0.4, 0.5) is 0 Å². The van der Waals surface area contributed by atoms with Gasteiger partial charge in [0, 0.05) is 39.8 Å². The molecule has 0 spiro atoms. The Morgan fingerprint density at radius 1 is 1.41 bits per heavy atom. The van der Waals surface area contributed by atoms with Crippen LogP contribution >= 0.6 is 0 Å². The molecule has 0 radical (unpaired) electrons. The van der Waals surface area contributed by atoms with Gasteiger partial charge in [-0.05, 0) is 6.92 Å². The molecule has 2 N–H and O–H groups in total. The Hall–Kier alpha value is -1.67. The summed E-state index contributed by atoms with van der Waals surface area (Å²) in [6.07, 6.45) is 2.63. The Bertz CT molecular complexity index is 435. The molecule has 0 aliphatic carbocycles. The summed E-state index contributed by atoms with van der Waals surface area (Å²) in [6.45, 7) is 7.47. The summed E-state index contributed by atoms with van der Waals surface area (Å²) in [5.74, 6) is 1.74. The van der Waals surface area contributed by atoms with Gasteiger partial charge in [-0.25, -0.2) is 0 Å². The number of hydrogen-bond donors (Lipinski definition) is 2. The molecule has 1 aromatic rings. The Balaban J connectivity index is 2.47. The minimum Gasteiger partial charge on any atom is -0.383 e. The molecule has 126 valence electrons. The van der Waals surface area contributed by atoms with Gasteiger partial charge in [0.05, 0.1) is 19.8 Å². The van der Waals surface area contributed by atoms with Gasteiger partial charge in [0.25, 0.3) is 0 Å². The van der Waals surface area contributed by atoms with E-state index in [1.807, 2.05) is 11.5 Å². The highest BCUT2D eigenvalue weighted by atomic mass is 16.5. The summed E-state index contributed by atoms with van der Waals surface area (Å²) in [5, 5.41) is 14.6. The predicted octanol–water partition coefficient (Wildman–Crippen LogP) is 0.0570. The number of guanidine groups is 1. The normalized spacial score (nSPS) is 13.2. The van der Waals surface area contributed by atoms with E-state index < -0.39 is 0 Å². The molecule has 1 heterocycles. The number of aliphatic imine (C=N–C) groups is 1. The van der Waals surface area contributed by atoms with E-state index in [2.05, 4.69) is 32.7 Å². The fourth-order valence-corrected chi connectivity index (χ4v) is 1.96. The summed E-state index contributed by atoms with van der Waals surface area (Å²) in [7, 11) is 3.35. The summed E-state index contributed by atoms with van der Waals surface area (Å²) in [6, 6.07) is 0.180. The van der Waals surface area contributed by atoms with Crippen molar-refractivity contribution in [2.24, 2.45) is 4.99 Å². The second-order valence-electron chi connectivity index (χ2n) is 4.94. The van der Waals surface area contributed by atoms with Gasteiger partial charge in [0.15, 0.2) is 5.96 Å². The van der Waals surface area contributed by atoms with Crippen LogP contribution in [0.3, 0.4) is 0 Å². The van der Waals surface area contributed by atoms with Gasteiger partial charge in [0.1, 0.15) is 12.2 Å². The molecule has 0 bridgehead atoms. The maximum atomic E-state index is 5.13. The van der Waals surface area contributed by atoms with E-state index in [1.54, 1.807) is 20.5 Å². The molecule has 1 unspecified atom stereocenters. The Labute approximate surface area is 132 Å². The molecule has 0 aliphatic heterocycles. The van der Waals surface area contributed by atoms with Crippen molar-refractivity contribution in [2.75, 3.05) is 40.5 Å². The summed E-state index contributed by atoms with van der Waals surface area (Å²) in [5.41, 5.74) is 0. The topological polar surface area (TPSA) is 85.6 Å². The number of aryl methyl sites for hydroxylation is 1. The second kappa shape index (κ2) is 11.0. The van der Waals surface area contributed by atoms with Gasteiger partial charge in [0.2, 0.25) is 0 Å². The van der Waals surface area contributed by atoms with Gasteiger partial charge >= 0.3 is 0 Å². The van der Waals surface area contributed by atoms with Crippen molar-refractivity contribution in [3.8, 4) is 0 Å². The molecule has 1 aromatic heterocycles. The summed E-state index contributed by atoms with van der Waals surface area (Å²) in [4.78, 5) is 4.47. The van der Waals surface area contributed by atoms with Crippen LogP contribution in [-0.2, 0) is 22.4 Å². The molecular weight excluding hydrogens is 284 g/mol. The quantitative estimate of drug-likeness (QED) is 0.361. The number of hydrogen-bond acceptors (Lipinski definition) is 5. The molecule has 1 atom stereocenters. The molecule has 0 amide bonds. The maximum absolute atomic E-state index is 5.13. The standard InChI is InChI=1S/C14H28N6O2/c1-5-13-19-17-11-20(13)8-6-15-14(16-7-9-21-3)18-12(2)10-22-4/h11-12H,5-10H2,1-4H3,(H2,15,16,18). The molecule has 0 aromatic carbocycles. The van der Waals surface area contributed by atoms with Crippen LogP contribution in [0.5, 0.6) is 0 Å². The zero-order valence-electron chi connectivity index (χ0n) is 14.0. The lowest BCUT2D eigenvalue weighted by molar-refractivity contribution is 0.178. The molecule has 8 heteroatoms. The minimum atomic E-state index is 0.180. The average Bonchev–Trinajstić information content (AvgIpc) is 2.95. The minimum absolute atomic E-state index is 0.180. The number of nitrogens with one attached hydrogen (secondary N) is 2. The van der Waals surface area contributed by atoms with Crippen LogP contribution in [-0.4, -0.2) is 67.3 Å². The molecule has 0 saturated carbocycles. The van der Waals surface area contributed by atoms with E-state index in [-0.39, 0.29) is 6.04 Å². The number of aromatic nitrogens is 3. The third-order valence-corrected chi connectivity index (χ3v) is 3.02. The molecule has 0 aliphatic rings. The molecule has 8 nitrogen and oxygen atoms in total. The number of nitrogens with zero attached hydrogens (tertiary/aromatic N) is 4. The Kier molecular flexibility index (Phi) is 9.17. The maximum Gasteiger partial charge on any atom is 0.191 e. The highest BCUT2D eigenvalue weighted by Crippen LogP contribution is 1.94. The summed E-state index contributed by atoms with van der Waals surface area (Å²) < 4.78 is 12.2. The van der Waals surface area contributed by atoms with E-state index in [4.69, 9.17) is 9.47 Å². The van der Waals surface area contributed by atoms with Crippen LogP contribution in [0.25, 0.3) is 0 Å². The zero-order chi connectivity index (χ0) is 16.2. The Morgan fingerprint density at radius 2 is 2.23 bits per heavy atom. The zero-order valence-corrected chi connectivity index (χ0v) is 14.0. The molecule has 22 heavy (non-hydrogen) atoms. The highest BCUT2D eigenvalue weighted by molar-refractivity contribution is 5.80. The third kappa shape index (κ3) is 6.86. The van der Waals surface area contributed by atoms with Gasteiger partial charge < -0.3 is 24.7 Å². The van der Waals surface area contributed by atoms with Crippen molar-refractivity contribution in [1.29, 1.82) is 0 Å². The SMILES string of the molecule is CCc1nncn1CCNC(=NCCOC)NC(C)COC. The lowest BCUT2D eigenvalue weighted by Crippen LogP contribution is -2.45. The monoisotopic (exact) mass is 312 g/mol. The average molecular weight is 312 g/mol. The Morgan fingerprint density at radius 3 is 2.91 bits per heavy atom.